The number of hydrogen-bond donors (Lipinski definition) is 0. The van der Waals surface area contributed by atoms with Crippen molar-refractivity contribution in [3.8, 4) is 17.0 Å². The molecule has 0 unspecified atom stereocenters. The summed E-state index contributed by atoms with van der Waals surface area (Å²) in [4.78, 5) is 7.15. The van der Waals surface area contributed by atoms with Crippen molar-refractivity contribution in [2.75, 3.05) is 13.1 Å². The second kappa shape index (κ2) is 6.11. The molecule has 3 nitrogen and oxygen atoms in total. The number of hydrogen-bond acceptors (Lipinski definition) is 4. The third-order valence-corrected chi connectivity index (χ3v) is 6.77. The first-order valence-corrected chi connectivity index (χ1v) is 10.0. The lowest BCUT2D eigenvalue weighted by molar-refractivity contribution is -0.0525. The van der Waals surface area contributed by atoms with E-state index in [1.807, 2.05) is 12.3 Å². The summed E-state index contributed by atoms with van der Waals surface area (Å²) in [6.07, 6.45) is 4.74. The van der Waals surface area contributed by atoms with E-state index in [9.17, 15) is 0 Å². The van der Waals surface area contributed by atoms with Gasteiger partial charge in [-0.25, -0.2) is 4.98 Å². The third kappa shape index (κ3) is 2.74. The minimum absolute atomic E-state index is 0.281. The Morgan fingerprint density at radius 2 is 1.92 bits per heavy atom. The molecule has 4 heteroatoms. The first-order chi connectivity index (χ1) is 12.3. The smallest absolute Gasteiger partial charge is 0.213 e. The molecule has 25 heavy (non-hydrogen) atoms. The third-order valence-electron chi connectivity index (χ3n) is 5.87. The zero-order valence-corrected chi connectivity index (χ0v) is 15.2. The van der Waals surface area contributed by atoms with Crippen molar-refractivity contribution in [3.63, 3.8) is 0 Å². The van der Waals surface area contributed by atoms with E-state index in [0.717, 1.165) is 11.4 Å². The van der Waals surface area contributed by atoms with Gasteiger partial charge in [-0.05, 0) is 79.4 Å². The van der Waals surface area contributed by atoms with Crippen LogP contribution in [0.25, 0.3) is 21.2 Å². The van der Waals surface area contributed by atoms with Crippen molar-refractivity contribution in [1.82, 2.24) is 9.88 Å². The van der Waals surface area contributed by atoms with Crippen molar-refractivity contribution < 1.29 is 4.74 Å². The molecule has 5 heterocycles. The standard InChI is InChI=1S/C21H22N2OS/c1-14-21(15-6-9-23(14)10-7-15)24-20-5-3-18(13-22-20)16-2-4-19-17(12-16)8-11-25-19/h2-5,8,11-15,21H,6-7,9-10H2,1H3/t14-,21-/m0/s1. The predicted octanol–water partition coefficient (Wildman–Crippen LogP) is 4.82. The van der Waals surface area contributed by atoms with Crippen LogP contribution in [0.5, 0.6) is 5.88 Å². The van der Waals surface area contributed by atoms with Crippen LogP contribution in [0.2, 0.25) is 0 Å². The van der Waals surface area contributed by atoms with Gasteiger partial charge in [0.05, 0.1) is 0 Å². The summed E-state index contributed by atoms with van der Waals surface area (Å²) in [5.74, 6) is 1.44. The number of thiophene rings is 1. The molecule has 6 rings (SSSR count). The van der Waals surface area contributed by atoms with Gasteiger partial charge in [0.2, 0.25) is 5.88 Å². The highest BCUT2D eigenvalue weighted by Gasteiger charge is 2.41. The average Bonchev–Trinajstić information content (AvgIpc) is 3.13. The number of benzene rings is 1. The van der Waals surface area contributed by atoms with Crippen LogP contribution in [-0.2, 0) is 0 Å². The van der Waals surface area contributed by atoms with Crippen molar-refractivity contribution >= 4 is 21.4 Å². The van der Waals surface area contributed by atoms with Gasteiger partial charge in [0.1, 0.15) is 6.10 Å². The minimum atomic E-state index is 0.281. The van der Waals surface area contributed by atoms with Gasteiger partial charge in [-0.2, -0.15) is 0 Å². The van der Waals surface area contributed by atoms with Gasteiger partial charge in [0, 0.05) is 28.6 Å². The van der Waals surface area contributed by atoms with Crippen molar-refractivity contribution in [2.45, 2.75) is 31.9 Å². The first kappa shape index (κ1) is 15.4. The van der Waals surface area contributed by atoms with Crippen molar-refractivity contribution in [1.29, 1.82) is 0 Å². The molecule has 1 aromatic carbocycles. The van der Waals surface area contributed by atoms with Gasteiger partial charge in [-0.15, -0.1) is 11.3 Å². The molecule has 0 aliphatic carbocycles. The van der Waals surface area contributed by atoms with E-state index in [4.69, 9.17) is 4.74 Å². The van der Waals surface area contributed by atoms with Gasteiger partial charge >= 0.3 is 0 Å². The second-order valence-corrected chi connectivity index (χ2v) is 8.20. The van der Waals surface area contributed by atoms with Gasteiger partial charge in [-0.3, -0.25) is 4.90 Å². The molecule has 3 aromatic rings. The normalized spacial score (nSPS) is 28.4. The number of piperidine rings is 3. The van der Waals surface area contributed by atoms with E-state index in [1.54, 1.807) is 11.3 Å². The van der Waals surface area contributed by atoms with Crippen LogP contribution in [0.4, 0.5) is 0 Å². The summed E-state index contributed by atoms with van der Waals surface area (Å²) in [7, 11) is 0. The number of rotatable bonds is 3. The summed E-state index contributed by atoms with van der Waals surface area (Å²) in [5.41, 5.74) is 2.35. The van der Waals surface area contributed by atoms with E-state index in [0.29, 0.717) is 12.0 Å². The molecule has 0 saturated carbocycles. The molecular formula is C21H22N2OS. The average molecular weight is 350 g/mol. The molecule has 0 radical (unpaired) electrons. The summed E-state index contributed by atoms with van der Waals surface area (Å²) in [5, 5.41) is 3.43. The van der Waals surface area contributed by atoms with Crippen molar-refractivity contribution in [3.05, 3.63) is 48.0 Å². The fraction of sp³-hybridized carbons (Fsp3) is 0.381. The zero-order chi connectivity index (χ0) is 16.8. The Kier molecular flexibility index (Phi) is 3.75. The minimum Gasteiger partial charge on any atom is -0.472 e. The SMILES string of the molecule is C[C@H]1[C@H](Oc2ccc(-c3ccc4sccc4c3)cn2)C2CCN1CC2. The fourth-order valence-electron chi connectivity index (χ4n) is 4.36. The van der Waals surface area contributed by atoms with Gasteiger partial charge in [0.25, 0.3) is 0 Å². The Labute approximate surface area is 152 Å². The molecule has 3 fully saturated rings. The molecule has 2 bridgehead atoms. The van der Waals surface area contributed by atoms with Gasteiger partial charge in [-0.1, -0.05) is 6.07 Å². The van der Waals surface area contributed by atoms with E-state index in [2.05, 4.69) is 52.5 Å². The molecule has 2 aromatic heterocycles. The van der Waals surface area contributed by atoms with E-state index >= 15 is 0 Å². The zero-order valence-electron chi connectivity index (χ0n) is 14.4. The van der Waals surface area contributed by atoms with Crippen LogP contribution < -0.4 is 4.74 Å². The molecule has 3 saturated heterocycles. The number of nitrogens with zero attached hydrogens (tertiary/aromatic N) is 2. The first-order valence-electron chi connectivity index (χ1n) is 9.12. The summed E-state index contributed by atoms with van der Waals surface area (Å²) >= 11 is 1.78. The number of fused-ring (bicyclic) bond motifs is 4. The number of pyridine rings is 1. The molecule has 3 aliphatic heterocycles. The Hall–Kier alpha value is -1.91. The summed E-state index contributed by atoms with van der Waals surface area (Å²) in [6, 6.07) is 13.4. The van der Waals surface area contributed by atoms with Crippen molar-refractivity contribution in [2.24, 2.45) is 5.92 Å². The topological polar surface area (TPSA) is 25.4 Å². The van der Waals surface area contributed by atoms with E-state index < -0.39 is 0 Å². The maximum Gasteiger partial charge on any atom is 0.213 e. The number of ether oxygens (including phenoxy) is 1. The van der Waals surface area contributed by atoms with Gasteiger partial charge in [0.15, 0.2) is 0 Å². The van der Waals surface area contributed by atoms with E-state index in [1.165, 1.54) is 41.6 Å². The molecule has 3 aliphatic rings. The second-order valence-electron chi connectivity index (χ2n) is 7.25. The predicted molar refractivity (Wildman–Crippen MR) is 103 cm³/mol. The van der Waals surface area contributed by atoms with E-state index in [-0.39, 0.29) is 6.10 Å². The lowest BCUT2D eigenvalue weighted by Gasteiger charge is -2.49. The Bertz CT molecular complexity index is 878. The fourth-order valence-corrected chi connectivity index (χ4v) is 5.13. The Balaban J connectivity index is 1.36. The highest BCUT2D eigenvalue weighted by atomic mass is 32.1. The monoisotopic (exact) mass is 350 g/mol. The number of aromatic nitrogens is 1. The van der Waals surface area contributed by atoms with Crippen LogP contribution in [-0.4, -0.2) is 35.1 Å². The molecule has 128 valence electrons. The maximum absolute atomic E-state index is 6.30. The molecule has 0 amide bonds. The Morgan fingerprint density at radius 3 is 2.68 bits per heavy atom. The molecular weight excluding hydrogens is 328 g/mol. The van der Waals surface area contributed by atoms with Crippen LogP contribution in [0.1, 0.15) is 19.8 Å². The molecule has 0 N–H and O–H groups in total. The van der Waals surface area contributed by atoms with Crippen LogP contribution in [0.15, 0.2) is 48.0 Å². The largest absolute Gasteiger partial charge is 0.472 e. The lowest BCUT2D eigenvalue weighted by Crippen LogP contribution is -2.58. The highest BCUT2D eigenvalue weighted by Crippen LogP contribution is 2.35. The van der Waals surface area contributed by atoms with Gasteiger partial charge < -0.3 is 4.74 Å². The van der Waals surface area contributed by atoms with Crippen LogP contribution in [0.3, 0.4) is 0 Å². The highest BCUT2D eigenvalue weighted by molar-refractivity contribution is 7.17. The molecule has 0 spiro atoms. The van der Waals surface area contributed by atoms with Crippen LogP contribution in [0, 0.1) is 5.92 Å². The lowest BCUT2D eigenvalue weighted by atomic mass is 9.81. The quantitative estimate of drug-likeness (QED) is 0.677. The summed E-state index contributed by atoms with van der Waals surface area (Å²) < 4.78 is 7.63. The van der Waals surface area contributed by atoms with Crippen LogP contribution >= 0.6 is 11.3 Å². The summed E-state index contributed by atoms with van der Waals surface area (Å²) in [6.45, 7) is 4.74. The Morgan fingerprint density at radius 1 is 1.08 bits per heavy atom. The molecule has 2 atom stereocenters. The maximum atomic E-state index is 6.30.